The molecular formula is C20H33N3O. The summed E-state index contributed by atoms with van der Waals surface area (Å²) in [7, 11) is 1.94. The van der Waals surface area contributed by atoms with Gasteiger partial charge in [-0.1, -0.05) is 57.0 Å². The molecule has 0 saturated carbocycles. The minimum Gasteiger partial charge on any atom is -0.346 e. The van der Waals surface area contributed by atoms with Crippen LogP contribution < -0.4 is 10.9 Å². The molecule has 0 spiro atoms. The van der Waals surface area contributed by atoms with Crippen LogP contribution in [-0.2, 0) is 4.79 Å². The summed E-state index contributed by atoms with van der Waals surface area (Å²) in [5.74, 6) is 0.785. The Morgan fingerprint density at radius 3 is 2.75 bits per heavy atom. The van der Waals surface area contributed by atoms with Gasteiger partial charge >= 0.3 is 0 Å². The van der Waals surface area contributed by atoms with Crippen molar-refractivity contribution >= 4 is 5.91 Å². The van der Waals surface area contributed by atoms with Gasteiger partial charge in [0, 0.05) is 32.1 Å². The van der Waals surface area contributed by atoms with Crippen LogP contribution in [0.1, 0.15) is 64.0 Å². The normalized spacial score (nSPS) is 21.6. The van der Waals surface area contributed by atoms with E-state index in [4.69, 9.17) is 0 Å². The van der Waals surface area contributed by atoms with Crippen molar-refractivity contribution in [2.45, 2.75) is 64.5 Å². The smallest absolute Gasteiger partial charge is 0.222 e. The number of nitrogens with one attached hydrogen (secondary N) is 2. The monoisotopic (exact) mass is 331 g/mol. The first-order valence-electron chi connectivity index (χ1n) is 9.40. The van der Waals surface area contributed by atoms with Gasteiger partial charge in [0.15, 0.2) is 0 Å². The molecule has 1 fully saturated rings. The summed E-state index contributed by atoms with van der Waals surface area (Å²) in [6.07, 6.45) is 6.22. The highest BCUT2D eigenvalue weighted by Gasteiger charge is 2.24. The number of carbonyl (C=O) groups is 1. The Bertz CT molecular complexity index is 491. The maximum absolute atomic E-state index is 12.2. The van der Waals surface area contributed by atoms with Crippen molar-refractivity contribution in [2.24, 2.45) is 5.92 Å². The van der Waals surface area contributed by atoms with E-state index >= 15 is 0 Å². The summed E-state index contributed by atoms with van der Waals surface area (Å²) in [4.78, 5) is 14.1. The van der Waals surface area contributed by atoms with Crippen LogP contribution in [0.4, 0.5) is 0 Å². The lowest BCUT2D eigenvalue weighted by atomic mass is 9.99. The van der Waals surface area contributed by atoms with E-state index in [1.807, 2.05) is 11.9 Å². The molecule has 134 valence electrons. The molecule has 1 heterocycles. The van der Waals surface area contributed by atoms with E-state index < -0.39 is 0 Å². The second-order valence-corrected chi connectivity index (χ2v) is 7.24. The van der Waals surface area contributed by atoms with Gasteiger partial charge in [-0.3, -0.25) is 15.6 Å². The number of carbonyl (C=O) groups excluding carboxylic acids is 1. The summed E-state index contributed by atoms with van der Waals surface area (Å²) < 4.78 is 0. The summed E-state index contributed by atoms with van der Waals surface area (Å²) in [5, 5.41) is 0. The van der Waals surface area contributed by atoms with Crippen LogP contribution in [0.2, 0.25) is 0 Å². The maximum atomic E-state index is 12.2. The number of hydrogen-bond donors (Lipinski definition) is 2. The Morgan fingerprint density at radius 1 is 1.29 bits per heavy atom. The van der Waals surface area contributed by atoms with E-state index in [-0.39, 0.29) is 5.91 Å². The molecule has 1 saturated heterocycles. The van der Waals surface area contributed by atoms with E-state index in [2.05, 4.69) is 55.0 Å². The van der Waals surface area contributed by atoms with E-state index in [0.717, 1.165) is 38.6 Å². The zero-order valence-electron chi connectivity index (χ0n) is 15.4. The SMILES string of the molecule is CCCC(C)CC(=O)N(C)CCCC1CC(c2ccccc2)NN1. The third-order valence-electron chi connectivity index (χ3n) is 4.96. The van der Waals surface area contributed by atoms with Gasteiger partial charge in [0.25, 0.3) is 0 Å². The second kappa shape index (κ2) is 9.80. The predicted octanol–water partition coefficient (Wildman–Crippen LogP) is 3.66. The summed E-state index contributed by atoms with van der Waals surface area (Å²) in [6, 6.07) is 11.5. The lowest BCUT2D eigenvalue weighted by Gasteiger charge is -2.20. The molecule has 3 atom stereocenters. The van der Waals surface area contributed by atoms with Crippen LogP contribution >= 0.6 is 0 Å². The lowest BCUT2D eigenvalue weighted by Crippen LogP contribution is -2.33. The number of amides is 1. The van der Waals surface area contributed by atoms with Crippen molar-refractivity contribution in [3.05, 3.63) is 35.9 Å². The zero-order chi connectivity index (χ0) is 17.4. The highest BCUT2D eigenvalue weighted by Crippen LogP contribution is 2.23. The Kier molecular flexibility index (Phi) is 7.73. The first kappa shape index (κ1) is 18.9. The molecule has 1 aliphatic rings. The Balaban J connectivity index is 1.65. The maximum Gasteiger partial charge on any atom is 0.222 e. The molecule has 0 bridgehead atoms. The summed E-state index contributed by atoms with van der Waals surface area (Å²) in [6.45, 7) is 5.20. The molecular weight excluding hydrogens is 298 g/mol. The van der Waals surface area contributed by atoms with Crippen LogP contribution in [0.3, 0.4) is 0 Å². The average molecular weight is 332 g/mol. The number of hydrogen-bond acceptors (Lipinski definition) is 3. The van der Waals surface area contributed by atoms with Gasteiger partial charge in [-0.05, 0) is 30.7 Å². The van der Waals surface area contributed by atoms with Gasteiger partial charge in [0.05, 0.1) is 0 Å². The highest BCUT2D eigenvalue weighted by atomic mass is 16.2. The molecule has 1 aliphatic heterocycles. The number of rotatable bonds is 9. The molecule has 24 heavy (non-hydrogen) atoms. The summed E-state index contributed by atoms with van der Waals surface area (Å²) >= 11 is 0. The molecule has 0 aliphatic carbocycles. The van der Waals surface area contributed by atoms with Crippen LogP contribution in [0, 0.1) is 5.92 Å². The minimum atomic E-state index is 0.288. The molecule has 2 N–H and O–H groups in total. The van der Waals surface area contributed by atoms with Crippen LogP contribution in [0.25, 0.3) is 0 Å². The molecule has 1 amide bonds. The second-order valence-electron chi connectivity index (χ2n) is 7.24. The highest BCUT2D eigenvalue weighted by molar-refractivity contribution is 5.76. The molecule has 0 radical (unpaired) electrons. The Hall–Kier alpha value is -1.39. The fraction of sp³-hybridized carbons (Fsp3) is 0.650. The fourth-order valence-electron chi connectivity index (χ4n) is 3.46. The van der Waals surface area contributed by atoms with E-state index in [1.165, 1.54) is 5.56 Å². The number of hydrazine groups is 1. The predicted molar refractivity (Wildman–Crippen MR) is 99.4 cm³/mol. The van der Waals surface area contributed by atoms with Crippen LogP contribution in [-0.4, -0.2) is 30.4 Å². The van der Waals surface area contributed by atoms with Crippen molar-refractivity contribution < 1.29 is 4.79 Å². The average Bonchev–Trinajstić information content (AvgIpc) is 3.04. The van der Waals surface area contributed by atoms with Gasteiger partial charge in [-0.15, -0.1) is 0 Å². The standard InChI is InChI=1S/C20H33N3O/c1-4-9-16(2)14-20(24)23(3)13-8-12-18-15-19(22-21-18)17-10-6-5-7-11-17/h5-7,10-11,16,18-19,21-22H,4,8-9,12-15H2,1-3H3. The molecule has 1 aromatic rings. The van der Waals surface area contributed by atoms with Gasteiger partial charge in [-0.25, -0.2) is 0 Å². The van der Waals surface area contributed by atoms with E-state index in [1.54, 1.807) is 0 Å². The summed E-state index contributed by atoms with van der Waals surface area (Å²) in [5.41, 5.74) is 8.13. The Labute approximate surface area is 147 Å². The number of benzene rings is 1. The van der Waals surface area contributed by atoms with Crippen molar-refractivity contribution in [3.8, 4) is 0 Å². The number of nitrogens with zero attached hydrogens (tertiary/aromatic N) is 1. The lowest BCUT2D eigenvalue weighted by molar-refractivity contribution is -0.130. The molecule has 0 aromatic heterocycles. The Morgan fingerprint density at radius 2 is 2.04 bits per heavy atom. The first-order chi connectivity index (χ1) is 11.6. The van der Waals surface area contributed by atoms with Gasteiger partial charge < -0.3 is 4.90 Å². The molecule has 4 heteroatoms. The first-order valence-corrected chi connectivity index (χ1v) is 9.40. The van der Waals surface area contributed by atoms with E-state index in [0.29, 0.717) is 24.4 Å². The van der Waals surface area contributed by atoms with Gasteiger partial charge in [0.1, 0.15) is 0 Å². The van der Waals surface area contributed by atoms with Crippen molar-refractivity contribution in [1.82, 2.24) is 15.8 Å². The van der Waals surface area contributed by atoms with Crippen molar-refractivity contribution in [1.29, 1.82) is 0 Å². The zero-order valence-corrected chi connectivity index (χ0v) is 15.4. The molecule has 2 rings (SSSR count). The topological polar surface area (TPSA) is 44.4 Å². The third-order valence-corrected chi connectivity index (χ3v) is 4.96. The minimum absolute atomic E-state index is 0.288. The quantitative estimate of drug-likeness (QED) is 0.726. The molecule has 4 nitrogen and oxygen atoms in total. The van der Waals surface area contributed by atoms with Crippen LogP contribution in [0.15, 0.2) is 30.3 Å². The largest absolute Gasteiger partial charge is 0.346 e. The van der Waals surface area contributed by atoms with Crippen LogP contribution in [0.5, 0.6) is 0 Å². The fourth-order valence-corrected chi connectivity index (χ4v) is 3.46. The third kappa shape index (κ3) is 5.91. The van der Waals surface area contributed by atoms with E-state index in [9.17, 15) is 4.79 Å². The van der Waals surface area contributed by atoms with Gasteiger partial charge in [-0.2, -0.15) is 0 Å². The molecule has 1 aromatic carbocycles. The molecule has 3 unspecified atom stereocenters. The van der Waals surface area contributed by atoms with Gasteiger partial charge in [0.2, 0.25) is 5.91 Å². The van der Waals surface area contributed by atoms with Crippen molar-refractivity contribution in [3.63, 3.8) is 0 Å². The van der Waals surface area contributed by atoms with Crippen molar-refractivity contribution in [2.75, 3.05) is 13.6 Å².